The fourth-order valence-electron chi connectivity index (χ4n) is 1.51. The van der Waals surface area contributed by atoms with Crippen molar-refractivity contribution in [3.05, 3.63) is 32.8 Å². The van der Waals surface area contributed by atoms with Crippen LogP contribution in [0.1, 0.15) is 28.5 Å². The smallest absolute Gasteiger partial charge is 0.256 e. The molecule has 2 heterocycles. The number of nitrogens with zero attached hydrogens (tertiary/aromatic N) is 1. The molecule has 0 saturated carbocycles. The van der Waals surface area contributed by atoms with Crippen LogP contribution in [0.15, 0.2) is 21.8 Å². The predicted molar refractivity (Wildman–Crippen MR) is 77.6 cm³/mol. The number of thiophene rings is 1. The lowest BCUT2D eigenvalue weighted by molar-refractivity contribution is 0.429. The zero-order valence-corrected chi connectivity index (χ0v) is 12.8. The van der Waals surface area contributed by atoms with Gasteiger partial charge in [0.15, 0.2) is 0 Å². The molecule has 0 bridgehead atoms. The highest BCUT2D eigenvalue weighted by molar-refractivity contribution is 7.99. The van der Waals surface area contributed by atoms with Gasteiger partial charge in [0.1, 0.15) is 5.76 Å². The maximum absolute atomic E-state index is 6.04. The van der Waals surface area contributed by atoms with Gasteiger partial charge in [0.25, 0.3) is 5.22 Å². The first kappa shape index (κ1) is 13.9. The molecular weight excluding hydrogens is 288 g/mol. The van der Waals surface area contributed by atoms with Gasteiger partial charge in [0, 0.05) is 10.9 Å². The second-order valence-electron chi connectivity index (χ2n) is 4.16. The minimum atomic E-state index is -0.00257. The van der Waals surface area contributed by atoms with Gasteiger partial charge in [-0.05, 0) is 32.9 Å². The van der Waals surface area contributed by atoms with Crippen molar-refractivity contribution < 1.29 is 4.42 Å². The van der Waals surface area contributed by atoms with Gasteiger partial charge in [0.05, 0.1) is 15.3 Å². The summed E-state index contributed by atoms with van der Waals surface area (Å²) in [4.78, 5) is 5.52. The first-order valence-electron chi connectivity index (χ1n) is 5.59. The second kappa shape index (κ2) is 5.65. The molecule has 0 aliphatic rings. The van der Waals surface area contributed by atoms with Crippen LogP contribution < -0.4 is 5.73 Å². The third-order valence-electron chi connectivity index (χ3n) is 2.59. The molecule has 0 radical (unpaired) electrons. The highest BCUT2D eigenvalue weighted by Gasteiger charge is 2.22. The maximum Gasteiger partial charge on any atom is 0.256 e. The quantitative estimate of drug-likeness (QED) is 0.861. The molecule has 2 aromatic heterocycles. The van der Waals surface area contributed by atoms with E-state index in [-0.39, 0.29) is 11.3 Å². The summed E-state index contributed by atoms with van der Waals surface area (Å²) in [5.41, 5.74) is 6.97. The van der Waals surface area contributed by atoms with Crippen LogP contribution in [0.4, 0.5) is 0 Å². The molecule has 98 valence electrons. The fraction of sp³-hybridized carbons (Fsp3) is 0.417. The molecule has 18 heavy (non-hydrogen) atoms. The van der Waals surface area contributed by atoms with Crippen molar-refractivity contribution in [2.45, 2.75) is 37.3 Å². The maximum atomic E-state index is 6.04. The van der Waals surface area contributed by atoms with Crippen LogP contribution in [-0.2, 0) is 0 Å². The van der Waals surface area contributed by atoms with Crippen LogP contribution in [0.3, 0.4) is 0 Å². The van der Waals surface area contributed by atoms with Gasteiger partial charge in [-0.3, -0.25) is 0 Å². The van der Waals surface area contributed by atoms with Gasteiger partial charge >= 0.3 is 0 Å². The van der Waals surface area contributed by atoms with Crippen LogP contribution in [0.5, 0.6) is 0 Å². The van der Waals surface area contributed by atoms with Crippen molar-refractivity contribution >= 4 is 34.7 Å². The van der Waals surface area contributed by atoms with Crippen LogP contribution in [0, 0.1) is 13.8 Å². The molecule has 0 amide bonds. The number of rotatable bonds is 4. The third kappa shape index (κ3) is 3.09. The summed E-state index contributed by atoms with van der Waals surface area (Å²) in [6.45, 7) is 5.83. The monoisotopic (exact) mass is 302 g/mol. The topological polar surface area (TPSA) is 52.0 Å². The van der Waals surface area contributed by atoms with E-state index >= 15 is 0 Å². The van der Waals surface area contributed by atoms with E-state index in [0.717, 1.165) is 20.7 Å². The fourth-order valence-corrected chi connectivity index (χ4v) is 3.94. The van der Waals surface area contributed by atoms with Crippen molar-refractivity contribution in [3.63, 3.8) is 0 Å². The summed E-state index contributed by atoms with van der Waals surface area (Å²) < 4.78 is 6.37. The van der Waals surface area contributed by atoms with Crippen LogP contribution >= 0.6 is 34.7 Å². The van der Waals surface area contributed by atoms with Crippen LogP contribution in [0.2, 0.25) is 4.34 Å². The first-order chi connectivity index (χ1) is 8.47. The Hall–Kier alpha value is -0.490. The molecule has 2 N–H and O–H groups in total. The molecular formula is C12H15ClN2OS2. The molecule has 0 aliphatic heterocycles. The highest BCUT2D eigenvalue weighted by atomic mass is 35.5. The summed E-state index contributed by atoms with van der Waals surface area (Å²) in [6, 6.07) is 3.90. The van der Waals surface area contributed by atoms with Crippen molar-refractivity contribution in [2.75, 3.05) is 0 Å². The van der Waals surface area contributed by atoms with Gasteiger partial charge in [-0.2, -0.15) is 0 Å². The minimum absolute atomic E-state index is 0.00257. The van der Waals surface area contributed by atoms with Crippen LogP contribution in [0.25, 0.3) is 0 Å². The summed E-state index contributed by atoms with van der Waals surface area (Å²) in [7, 11) is 0. The van der Waals surface area contributed by atoms with E-state index < -0.39 is 0 Å². The number of aryl methyl sites for hydroxylation is 2. The van der Waals surface area contributed by atoms with Gasteiger partial charge in [-0.15, -0.1) is 11.3 Å². The van der Waals surface area contributed by atoms with E-state index in [2.05, 4.69) is 4.98 Å². The minimum Gasteiger partial charge on any atom is -0.437 e. The van der Waals surface area contributed by atoms with Crippen molar-refractivity contribution in [2.24, 2.45) is 5.73 Å². The SMILES string of the molecule is Cc1nc(SC(c2ccc(Cl)s2)C(C)N)oc1C. The van der Waals surface area contributed by atoms with Gasteiger partial charge in [-0.25, -0.2) is 4.98 Å². The standard InChI is InChI=1S/C12H15ClN2OS2/c1-6(14)11(9-4-5-10(13)17-9)18-12-15-7(2)8(3)16-12/h4-6,11H,14H2,1-3H3. The summed E-state index contributed by atoms with van der Waals surface area (Å²) in [6.07, 6.45) is 0. The molecule has 2 rings (SSSR count). The predicted octanol–water partition coefficient (Wildman–Crippen LogP) is 4.19. The lowest BCUT2D eigenvalue weighted by atomic mass is 10.2. The normalized spacial score (nSPS) is 14.7. The Labute approximate surface area is 120 Å². The molecule has 0 spiro atoms. The summed E-state index contributed by atoms with van der Waals surface area (Å²) in [5, 5.41) is 0.775. The average molecular weight is 303 g/mol. The molecule has 6 heteroatoms. The second-order valence-corrected chi connectivity index (χ2v) is 7.00. The summed E-state index contributed by atoms with van der Waals surface area (Å²) >= 11 is 9.07. The first-order valence-corrected chi connectivity index (χ1v) is 7.66. The number of halogens is 1. The molecule has 0 fully saturated rings. The Morgan fingerprint density at radius 2 is 2.17 bits per heavy atom. The highest BCUT2D eigenvalue weighted by Crippen LogP contribution is 2.41. The van der Waals surface area contributed by atoms with Crippen molar-refractivity contribution in [1.29, 1.82) is 0 Å². The molecule has 2 unspecified atom stereocenters. The van der Waals surface area contributed by atoms with E-state index in [9.17, 15) is 0 Å². The Morgan fingerprint density at radius 1 is 1.44 bits per heavy atom. The molecule has 3 nitrogen and oxygen atoms in total. The van der Waals surface area contributed by atoms with E-state index in [1.807, 2.05) is 32.9 Å². The Bertz CT molecular complexity index is 516. The zero-order valence-electron chi connectivity index (χ0n) is 10.4. The lowest BCUT2D eigenvalue weighted by Crippen LogP contribution is -2.21. The number of hydrogen-bond donors (Lipinski definition) is 1. The zero-order chi connectivity index (χ0) is 13.3. The Morgan fingerprint density at radius 3 is 2.61 bits per heavy atom. The molecule has 0 saturated heterocycles. The number of oxazole rings is 1. The van der Waals surface area contributed by atoms with Gasteiger partial charge in [0.2, 0.25) is 0 Å². The number of nitrogens with two attached hydrogens (primary N) is 1. The Kier molecular flexibility index (Phi) is 4.37. The Balaban J connectivity index is 2.21. The number of aromatic nitrogens is 1. The van der Waals surface area contributed by atoms with Crippen molar-refractivity contribution in [1.82, 2.24) is 4.98 Å². The van der Waals surface area contributed by atoms with E-state index in [1.165, 1.54) is 0 Å². The molecule has 2 aromatic rings. The van der Waals surface area contributed by atoms with Crippen molar-refractivity contribution in [3.8, 4) is 0 Å². The van der Waals surface area contributed by atoms with Crippen LogP contribution in [-0.4, -0.2) is 11.0 Å². The summed E-state index contributed by atoms with van der Waals surface area (Å²) in [5.74, 6) is 0.852. The lowest BCUT2D eigenvalue weighted by Gasteiger charge is -2.16. The molecule has 0 aromatic carbocycles. The van der Waals surface area contributed by atoms with E-state index in [1.54, 1.807) is 23.1 Å². The molecule has 2 atom stereocenters. The van der Waals surface area contributed by atoms with Gasteiger partial charge in [-0.1, -0.05) is 23.4 Å². The number of thioether (sulfide) groups is 1. The van der Waals surface area contributed by atoms with Gasteiger partial charge < -0.3 is 10.2 Å². The van der Waals surface area contributed by atoms with E-state index in [0.29, 0.717) is 5.22 Å². The third-order valence-corrected chi connectivity index (χ3v) is 5.37. The largest absolute Gasteiger partial charge is 0.437 e. The molecule has 0 aliphatic carbocycles. The number of hydrogen-bond acceptors (Lipinski definition) is 5. The average Bonchev–Trinajstić information content (AvgIpc) is 2.83. The van der Waals surface area contributed by atoms with E-state index in [4.69, 9.17) is 21.8 Å².